The van der Waals surface area contributed by atoms with Gasteiger partial charge in [0.2, 0.25) is 0 Å². The fourth-order valence-electron chi connectivity index (χ4n) is 5.99. The fourth-order valence-corrected chi connectivity index (χ4v) is 5.99. The normalized spacial score (nSPS) is 31.1. The number of hydrogen-bond donors (Lipinski definition) is 3. The summed E-state index contributed by atoms with van der Waals surface area (Å²) in [6, 6.07) is 0. The third-order valence-corrected chi connectivity index (χ3v) is 9.14. The second kappa shape index (κ2) is 16.7. The molecule has 42 heavy (non-hydrogen) atoms. The molecule has 0 saturated carbocycles. The maximum atomic E-state index is 12.6. The van der Waals surface area contributed by atoms with Crippen LogP contribution < -0.4 is 0 Å². The number of aliphatic hydroxyl groups is 3. The van der Waals surface area contributed by atoms with Crippen LogP contribution in [0.15, 0.2) is 59.3 Å². The number of rotatable bonds is 14. The molecule has 7 nitrogen and oxygen atoms in total. The predicted molar refractivity (Wildman–Crippen MR) is 165 cm³/mol. The number of esters is 1. The van der Waals surface area contributed by atoms with Gasteiger partial charge in [0.05, 0.1) is 19.3 Å². The van der Waals surface area contributed by atoms with Gasteiger partial charge in [-0.2, -0.15) is 0 Å². The Labute approximate surface area is 253 Å². The molecule has 1 heterocycles. The summed E-state index contributed by atoms with van der Waals surface area (Å²) in [5, 5.41) is 31.6. The monoisotopic (exact) mass is 586 g/mol. The lowest BCUT2D eigenvalue weighted by molar-refractivity contribution is -0.275. The van der Waals surface area contributed by atoms with E-state index in [1.165, 1.54) is 17.6 Å². The molecule has 8 atom stereocenters. The first-order valence-electron chi connectivity index (χ1n) is 15.8. The van der Waals surface area contributed by atoms with Crippen LogP contribution in [0.5, 0.6) is 0 Å². The van der Waals surface area contributed by atoms with Crippen LogP contribution in [0.1, 0.15) is 91.9 Å². The highest BCUT2D eigenvalue weighted by Gasteiger charge is 2.41. The summed E-state index contributed by atoms with van der Waals surface area (Å²) in [5.74, 6) is 0.662. The molecule has 3 N–H and O–H groups in total. The zero-order chi connectivity index (χ0) is 30.8. The number of allylic oxidation sites excluding steroid dienone is 6. The molecule has 2 aliphatic carbocycles. The van der Waals surface area contributed by atoms with Gasteiger partial charge in [0.15, 0.2) is 12.4 Å². The van der Waals surface area contributed by atoms with Crippen LogP contribution >= 0.6 is 0 Å². The fraction of sp³-hybridized carbons (Fsp3) is 0.686. The van der Waals surface area contributed by atoms with Crippen molar-refractivity contribution in [2.45, 2.75) is 123 Å². The van der Waals surface area contributed by atoms with E-state index in [1.54, 1.807) is 13.0 Å². The van der Waals surface area contributed by atoms with E-state index >= 15 is 0 Å². The van der Waals surface area contributed by atoms with E-state index in [0.717, 1.165) is 49.7 Å². The van der Waals surface area contributed by atoms with Crippen LogP contribution in [0.3, 0.4) is 0 Å². The van der Waals surface area contributed by atoms with Gasteiger partial charge in [0.1, 0.15) is 12.2 Å². The summed E-state index contributed by atoms with van der Waals surface area (Å²) in [7, 11) is 0. The van der Waals surface area contributed by atoms with E-state index in [1.807, 2.05) is 6.92 Å². The van der Waals surface area contributed by atoms with Crippen LogP contribution in [0, 0.1) is 17.8 Å². The second-order valence-electron chi connectivity index (χ2n) is 12.9. The quantitative estimate of drug-likeness (QED) is 0.128. The first-order chi connectivity index (χ1) is 20.0. The molecular weight excluding hydrogens is 532 g/mol. The molecule has 0 radical (unpaired) electrons. The first-order valence-corrected chi connectivity index (χ1v) is 15.8. The molecule has 0 spiro atoms. The molecule has 0 aromatic carbocycles. The molecule has 1 saturated heterocycles. The molecule has 0 aromatic heterocycles. The van der Waals surface area contributed by atoms with E-state index in [2.05, 4.69) is 39.2 Å². The van der Waals surface area contributed by atoms with Crippen molar-refractivity contribution in [1.82, 2.24) is 0 Å². The maximum absolute atomic E-state index is 12.6. The largest absolute Gasteiger partial charge is 0.454 e. The SMILES string of the molecule is C=C(C)C1CC=C(CCCC(C)COC2OCC(OC(=O)C(C)=CCCC3=CCC(C(=C)C)CC3O)C(O)C2O)CC1. The van der Waals surface area contributed by atoms with Crippen molar-refractivity contribution in [3.8, 4) is 0 Å². The van der Waals surface area contributed by atoms with Crippen molar-refractivity contribution < 1.29 is 34.3 Å². The van der Waals surface area contributed by atoms with Gasteiger partial charge in [-0.1, -0.05) is 55.0 Å². The Morgan fingerprint density at radius 2 is 1.79 bits per heavy atom. The summed E-state index contributed by atoms with van der Waals surface area (Å²) in [4.78, 5) is 12.6. The Morgan fingerprint density at radius 3 is 2.43 bits per heavy atom. The summed E-state index contributed by atoms with van der Waals surface area (Å²) in [6.45, 7) is 16.3. The molecule has 1 aliphatic heterocycles. The Kier molecular flexibility index (Phi) is 13.7. The molecule has 3 aliphatic rings. The van der Waals surface area contributed by atoms with Crippen LogP contribution in [0.25, 0.3) is 0 Å². The van der Waals surface area contributed by atoms with E-state index in [9.17, 15) is 20.1 Å². The molecule has 0 aromatic rings. The van der Waals surface area contributed by atoms with E-state index in [4.69, 9.17) is 14.2 Å². The van der Waals surface area contributed by atoms with Gasteiger partial charge in [-0.15, -0.1) is 0 Å². The number of carbonyl (C=O) groups is 1. The van der Waals surface area contributed by atoms with Crippen molar-refractivity contribution in [3.05, 3.63) is 59.3 Å². The van der Waals surface area contributed by atoms with Gasteiger partial charge < -0.3 is 29.5 Å². The Morgan fingerprint density at radius 1 is 1.07 bits per heavy atom. The topological polar surface area (TPSA) is 105 Å². The standard InChI is InChI=1S/C35H54O7/c1-22(2)27-15-13-26(14-16-27)11-7-9-24(5)20-40-35-33(38)32(37)31(21-41-35)42-34(39)25(6)10-8-12-28-17-18-29(23(3)4)19-30(28)36/h10,13,17,24,27,29-33,35-38H,1,3,7-9,11-12,14-16,18-21H2,2,4-6H3. The molecule has 7 heteroatoms. The average Bonchev–Trinajstić information content (AvgIpc) is 2.96. The number of carbonyl (C=O) groups excluding carboxylic acids is 1. The van der Waals surface area contributed by atoms with Crippen molar-refractivity contribution in [3.63, 3.8) is 0 Å². The van der Waals surface area contributed by atoms with Gasteiger partial charge in [-0.05, 0) is 108 Å². The molecule has 8 unspecified atom stereocenters. The Bertz CT molecular complexity index is 1020. The predicted octanol–water partition coefficient (Wildman–Crippen LogP) is 6.10. The minimum Gasteiger partial charge on any atom is -0.454 e. The highest BCUT2D eigenvalue weighted by atomic mass is 16.7. The Balaban J connectivity index is 1.34. The van der Waals surface area contributed by atoms with Crippen LogP contribution in [-0.4, -0.2) is 65.2 Å². The smallest absolute Gasteiger partial charge is 0.333 e. The highest BCUT2D eigenvalue weighted by Crippen LogP contribution is 2.32. The van der Waals surface area contributed by atoms with Crippen LogP contribution in [-0.2, 0) is 19.0 Å². The highest BCUT2D eigenvalue weighted by molar-refractivity contribution is 5.87. The van der Waals surface area contributed by atoms with Crippen LogP contribution in [0.2, 0.25) is 0 Å². The molecule has 1 fully saturated rings. The van der Waals surface area contributed by atoms with Crippen molar-refractivity contribution in [1.29, 1.82) is 0 Å². The lowest BCUT2D eigenvalue weighted by Crippen LogP contribution is -2.55. The van der Waals surface area contributed by atoms with E-state index in [0.29, 0.717) is 43.3 Å². The molecule has 0 amide bonds. The van der Waals surface area contributed by atoms with Crippen molar-refractivity contribution in [2.75, 3.05) is 13.2 Å². The Hall–Kier alpha value is -2.03. The number of ether oxygens (including phenoxy) is 3. The van der Waals surface area contributed by atoms with Crippen molar-refractivity contribution >= 4 is 5.97 Å². The minimum absolute atomic E-state index is 0.0570. The minimum atomic E-state index is -1.32. The zero-order valence-corrected chi connectivity index (χ0v) is 26.2. The van der Waals surface area contributed by atoms with Gasteiger partial charge in [0.25, 0.3) is 0 Å². The van der Waals surface area contributed by atoms with Crippen molar-refractivity contribution in [2.24, 2.45) is 17.8 Å². The van der Waals surface area contributed by atoms with Gasteiger partial charge >= 0.3 is 5.97 Å². The average molecular weight is 587 g/mol. The van der Waals surface area contributed by atoms with Gasteiger partial charge in [-0.3, -0.25) is 0 Å². The zero-order valence-electron chi connectivity index (χ0n) is 26.2. The second-order valence-corrected chi connectivity index (χ2v) is 12.9. The van der Waals surface area contributed by atoms with Gasteiger partial charge in [-0.25, -0.2) is 4.79 Å². The number of hydrogen-bond acceptors (Lipinski definition) is 7. The molecular formula is C35H54O7. The molecule has 0 bridgehead atoms. The lowest BCUT2D eigenvalue weighted by atomic mass is 9.82. The summed E-state index contributed by atoms with van der Waals surface area (Å²) in [5.41, 5.74) is 5.31. The molecule has 236 valence electrons. The number of aliphatic hydroxyl groups excluding tert-OH is 3. The summed E-state index contributed by atoms with van der Waals surface area (Å²) < 4.78 is 16.9. The van der Waals surface area contributed by atoms with Crippen LogP contribution in [0.4, 0.5) is 0 Å². The third-order valence-electron chi connectivity index (χ3n) is 9.14. The van der Waals surface area contributed by atoms with Gasteiger partial charge in [0, 0.05) is 5.57 Å². The lowest BCUT2D eigenvalue weighted by Gasteiger charge is -2.37. The van der Waals surface area contributed by atoms with E-state index in [-0.39, 0.29) is 12.5 Å². The molecule has 3 rings (SSSR count). The van der Waals surface area contributed by atoms with E-state index < -0.39 is 36.7 Å². The summed E-state index contributed by atoms with van der Waals surface area (Å²) in [6.07, 6.45) is 10.7. The summed E-state index contributed by atoms with van der Waals surface area (Å²) >= 11 is 0. The third kappa shape index (κ3) is 10.3. The first kappa shape index (κ1) is 34.5. The maximum Gasteiger partial charge on any atom is 0.333 e.